The topological polar surface area (TPSA) is 18.8 Å². The largest absolute Gasteiger partial charge is 0.262 e. The van der Waals surface area contributed by atoms with Gasteiger partial charge in [0.1, 0.15) is 57.4 Å². The van der Waals surface area contributed by atoms with Crippen LogP contribution in [-0.4, -0.2) is 105 Å². The van der Waals surface area contributed by atoms with Gasteiger partial charge in [-0.3, -0.25) is 28.4 Å². The first kappa shape index (κ1) is 25.6. The number of nitrogens with zero attached hydrogens (tertiary/aromatic N) is 6. The standard InChI is InChI=1S/C33H51N6/c1-25-31(19-34-16-28-10-4-7-13-37(28)22-34)26(2)33(21-36-18-30-12-6-9-15-39(30)24-36)27(3)32(25)20-35-17-29-11-5-8-14-38(29)23-35/h22-24,28-30H,4-21H2,1-3H3/q+3. The lowest BCUT2D eigenvalue weighted by molar-refractivity contribution is -0.536. The van der Waals surface area contributed by atoms with Gasteiger partial charge in [0.2, 0.25) is 19.0 Å². The minimum absolute atomic E-state index is 0.733. The highest BCUT2D eigenvalue weighted by molar-refractivity contribution is 5.55. The molecule has 3 saturated heterocycles. The van der Waals surface area contributed by atoms with Crippen LogP contribution in [0.5, 0.6) is 0 Å². The molecule has 6 heteroatoms. The number of piperidine rings is 3. The van der Waals surface area contributed by atoms with E-state index >= 15 is 0 Å². The monoisotopic (exact) mass is 531 g/mol. The molecule has 0 N–H and O–H groups in total. The van der Waals surface area contributed by atoms with Crippen molar-refractivity contribution < 1.29 is 13.7 Å². The van der Waals surface area contributed by atoms with Crippen LogP contribution in [0.2, 0.25) is 0 Å². The highest BCUT2D eigenvalue weighted by Crippen LogP contribution is 2.32. The van der Waals surface area contributed by atoms with E-state index in [0.717, 1.165) is 37.8 Å². The van der Waals surface area contributed by atoms with E-state index in [1.165, 1.54) is 97.1 Å². The summed E-state index contributed by atoms with van der Waals surface area (Å²) in [6.45, 7) is 17.8. The smallest absolute Gasteiger partial charge is 0.234 e. The highest BCUT2D eigenvalue weighted by atomic mass is 15.3. The maximum absolute atomic E-state index is 2.64. The first-order chi connectivity index (χ1) is 19.0. The van der Waals surface area contributed by atoms with Gasteiger partial charge >= 0.3 is 0 Å². The van der Waals surface area contributed by atoms with Crippen LogP contribution in [0.1, 0.15) is 91.2 Å². The Morgan fingerprint density at radius 2 is 0.821 bits per heavy atom. The van der Waals surface area contributed by atoms with Crippen LogP contribution in [0.4, 0.5) is 0 Å². The van der Waals surface area contributed by atoms with Crippen molar-refractivity contribution in [2.45, 2.75) is 116 Å². The van der Waals surface area contributed by atoms with Gasteiger partial charge in [-0.2, -0.15) is 0 Å². The Labute approximate surface area is 236 Å². The first-order valence-corrected chi connectivity index (χ1v) is 16.2. The summed E-state index contributed by atoms with van der Waals surface area (Å²) in [5.74, 6) is 0. The second-order valence-electron chi connectivity index (χ2n) is 13.6. The van der Waals surface area contributed by atoms with E-state index in [1.54, 1.807) is 33.4 Å². The molecule has 3 unspecified atom stereocenters. The number of hydrogen-bond acceptors (Lipinski definition) is 3. The van der Waals surface area contributed by atoms with E-state index in [1.807, 2.05) is 0 Å². The fourth-order valence-electron chi connectivity index (χ4n) is 8.72. The van der Waals surface area contributed by atoms with Gasteiger partial charge in [0, 0.05) is 0 Å². The molecule has 0 bridgehead atoms. The third-order valence-electron chi connectivity index (χ3n) is 11.1. The van der Waals surface area contributed by atoms with E-state index < -0.39 is 0 Å². The zero-order chi connectivity index (χ0) is 26.5. The fourth-order valence-corrected chi connectivity index (χ4v) is 8.72. The number of benzene rings is 1. The molecule has 3 fully saturated rings. The van der Waals surface area contributed by atoms with Gasteiger partial charge in [-0.25, -0.2) is 0 Å². The van der Waals surface area contributed by atoms with Gasteiger partial charge in [0.15, 0.2) is 0 Å². The summed E-state index contributed by atoms with van der Waals surface area (Å²) < 4.78 is 7.91. The molecule has 6 nitrogen and oxygen atoms in total. The molecule has 0 aromatic heterocycles. The molecule has 1 aromatic carbocycles. The van der Waals surface area contributed by atoms with Crippen LogP contribution >= 0.6 is 0 Å². The molecule has 210 valence electrons. The summed E-state index contributed by atoms with van der Waals surface area (Å²) in [6.07, 6.45) is 19.8. The Hall–Kier alpha value is -2.37. The molecular formula is C33H51N6+3. The summed E-state index contributed by atoms with van der Waals surface area (Å²) in [6, 6.07) is 2.20. The van der Waals surface area contributed by atoms with Crippen molar-refractivity contribution in [3.63, 3.8) is 0 Å². The molecule has 3 atom stereocenters. The maximum atomic E-state index is 2.64. The summed E-state index contributed by atoms with van der Waals surface area (Å²) in [7, 11) is 0. The predicted molar refractivity (Wildman–Crippen MR) is 158 cm³/mol. The van der Waals surface area contributed by atoms with Gasteiger partial charge in [-0.1, -0.05) is 0 Å². The van der Waals surface area contributed by atoms with Crippen LogP contribution in [0.15, 0.2) is 0 Å². The van der Waals surface area contributed by atoms with E-state index in [9.17, 15) is 0 Å². The maximum Gasteiger partial charge on any atom is 0.234 e. The third kappa shape index (κ3) is 4.91. The highest BCUT2D eigenvalue weighted by Gasteiger charge is 2.37. The van der Waals surface area contributed by atoms with Crippen molar-refractivity contribution >= 4 is 19.0 Å². The number of hydrogen-bond donors (Lipinski definition) is 0. The molecule has 0 radical (unpaired) electrons. The van der Waals surface area contributed by atoms with Crippen LogP contribution in [0, 0.1) is 20.8 Å². The quantitative estimate of drug-likeness (QED) is 0.520. The molecule has 7 rings (SSSR count). The van der Waals surface area contributed by atoms with Crippen molar-refractivity contribution in [3.8, 4) is 0 Å². The van der Waals surface area contributed by atoms with Crippen LogP contribution in [0.3, 0.4) is 0 Å². The normalized spacial score (nSPS) is 28.2. The Balaban J connectivity index is 1.21. The summed E-state index contributed by atoms with van der Waals surface area (Å²) in [4.78, 5) is 7.90. The van der Waals surface area contributed by atoms with E-state index in [0.29, 0.717) is 0 Å². The lowest BCUT2D eigenvalue weighted by atomic mass is 9.87. The third-order valence-corrected chi connectivity index (χ3v) is 11.1. The van der Waals surface area contributed by atoms with E-state index in [2.05, 4.69) is 68.2 Å². The molecule has 1 aromatic rings. The molecule has 6 aliphatic rings. The predicted octanol–water partition coefficient (Wildman–Crippen LogP) is 3.84. The molecule has 6 heterocycles. The van der Waals surface area contributed by atoms with Gasteiger partial charge in [0.25, 0.3) is 0 Å². The lowest BCUT2D eigenvalue weighted by Gasteiger charge is -2.23. The summed E-state index contributed by atoms with van der Waals surface area (Å²) >= 11 is 0. The summed E-state index contributed by atoms with van der Waals surface area (Å²) in [5, 5.41) is 0. The molecule has 0 saturated carbocycles. The van der Waals surface area contributed by atoms with Crippen LogP contribution in [-0.2, 0) is 19.6 Å². The average Bonchev–Trinajstić information content (AvgIpc) is 3.66. The second kappa shape index (κ2) is 10.6. The van der Waals surface area contributed by atoms with Crippen molar-refractivity contribution in [2.75, 3.05) is 39.3 Å². The van der Waals surface area contributed by atoms with Gasteiger partial charge in [0.05, 0.1) is 19.6 Å². The Morgan fingerprint density at radius 3 is 1.10 bits per heavy atom. The SMILES string of the molecule is Cc1c(C[N+]2=CN3CCCCC3C2)c(C)c(C[N+]2=CN3CCCCC3C2)c(C)c1C[N+]1=CN2CCCCC2C1. The van der Waals surface area contributed by atoms with Crippen LogP contribution < -0.4 is 0 Å². The van der Waals surface area contributed by atoms with Gasteiger partial charge in [-0.05, 0) is 112 Å². The van der Waals surface area contributed by atoms with Crippen molar-refractivity contribution in [1.29, 1.82) is 0 Å². The van der Waals surface area contributed by atoms with Crippen molar-refractivity contribution in [1.82, 2.24) is 14.7 Å². The minimum atomic E-state index is 0.733. The van der Waals surface area contributed by atoms with Crippen molar-refractivity contribution in [3.05, 3.63) is 33.4 Å². The molecule has 39 heavy (non-hydrogen) atoms. The first-order valence-electron chi connectivity index (χ1n) is 16.2. The van der Waals surface area contributed by atoms with Crippen molar-refractivity contribution in [2.24, 2.45) is 0 Å². The van der Waals surface area contributed by atoms with Gasteiger partial charge < -0.3 is 0 Å². The molecule has 0 amide bonds. The zero-order valence-corrected chi connectivity index (χ0v) is 24.9. The summed E-state index contributed by atoms with van der Waals surface area (Å²) in [5.41, 5.74) is 9.43. The Kier molecular flexibility index (Phi) is 6.92. The van der Waals surface area contributed by atoms with Crippen LogP contribution in [0.25, 0.3) is 0 Å². The zero-order valence-electron chi connectivity index (χ0n) is 24.9. The molecule has 0 spiro atoms. The Morgan fingerprint density at radius 1 is 0.513 bits per heavy atom. The minimum Gasteiger partial charge on any atom is -0.262 e. The van der Waals surface area contributed by atoms with E-state index in [-0.39, 0.29) is 0 Å². The second-order valence-corrected chi connectivity index (χ2v) is 13.6. The molecule has 0 aliphatic carbocycles. The Bertz CT molecular complexity index is 1040. The molecule has 6 aliphatic heterocycles. The van der Waals surface area contributed by atoms with Gasteiger partial charge in [-0.15, -0.1) is 0 Å². The molecular weight excluding hydrogens is 480 g/mol. The fraction of sp³-hybridized carbons (Fsp3) is 0.727. The average molecular weight is 532 g/mol. The number of rotatable bonds is 6. The van der Waals surface area contributed by atoms with E-state index in [4.69, 9.17) is 0 Å². The lowest BCUT2D eigenvalue weighted by Crippen LogP contribution is -2.35. The number of fused-ring (bicyclic) bond motifs is 3.